The van der Waals surface area contributed by atoms with Crippen LogP contribution in [-0.2, 0) is 5.41 Å². The molecule has 3 heterocycles. The van der Waals surface area contributed by atoms with E-state index in [1.54, 1.807) is 0 Å². The van der Waals surface area contributed by atoms with E-state index in [-0.39, 0.29) is 0 Å². The zero-order valence-corrected chi connectivity index (χ0v) is 34.6. The van der Waals surface area contributed by atoms with Gasteiger partial charge in [0.25, 0.3) is 0 Å². The lowest BCUT2D eigenvalue weighted by Crippen LogP contribution is -2.36. The Labute approximate surface area is 361 Å². The van der Waals surface area contributed by atoms with Gasteiger partial charge in [-0.05, 0) is 77.1 Å². The lowest BCUT2D eigenvalue weighted by atomic mass is 9.61. The highest BCUT2D eigenvalue weighted by Gasteiger charge is 2.47. The van der Waals surface area contributed by atoms with Crippen LogP contribution in [0.5, 0.6) is 0 Å². The Morgan fingerprint density at radius 2 is 1.02 bits per heavy atom. The first kappa shape index (κ1) is 37.1. The van der Waals surface area contributed by atoms with Crippen molar-refractivity contribution in [2.75, 3.05) is 0 Å². The maximum atomic E-state index is 5.24. The number of rotatable bonds is 8. The smallest absolute Gasteiger partial charge is 0.164 e. The molecule has 2 aromatic heterocycles. The van der Waals surface area contributed by atoms with E-state index in [9.17, 15) is 0 Å². The van der Waals surface area contributed by atoms with Gasteiger partial charge in [0.15, 0.2) is 17.5 Å². The van der Waals surface area contributed by atoms with Crippen LogP contribution in [0.2, 0.25) is 0 Å². The van der Waals surface area contributed by atoms with Gasteiger partial charge in [0.1, 0.15) is 0 Å². The van der Waals surface area contributed by atoms with Crippen molar-refractivity contribution in [3.05, 3.63) is 246 Å². The number of allylic oxidation sites excluding steroid dienone is 4. The van der Waals surface area contributed by atoms with Crippen molar-refractivity contribution in [3.63, 3.8) is 0 Å². The summed E-state index contributed by atoms with van der Waals surface area (Å²) in [6, 6.07) is 71.9. The van der Waals surface area contributed by atoms with Crippen LogP contribution in [0.25, 0.3) is 78.4 Å². The molecule has 0 saturated carbocycles. The third kappa shape index (κ3) is 5.95. The molecule has 0 fully saturated rings. The lowest BCUT2D eigenvalue weighted by molar-refractivity contribution is 0.729. The van der Waals surface area contributed by atoms with Crippen LogP contribution in [-0.4, -0.2) is 19.5 Å². The van der Waals surface area contributed by atoms with Crippen LogP contribution < -0.4 is 0 Å². The monoisotopic (exact) mass is 794 g/mol. The Morgan fingerprint density at radius 1 is 0.500 bits per heavy atom. The molecular formula is C58H42N4. The van der Waals surface area contributed by atoms with Crippen LogP contribution in [0.3, 0.4) is 0 Å². The maximum absolute atomic E-state index is 5.24. The van der Waals surface area contributed by atoms with Crippen LogP contribution in [0.15, 0.2) is 218 Å². The van der Waals surface area contributed by atoms with E-state index in [4.69, 9.17) is 15.0 Å². The zero-order chi connectivity index (χ0) is 41.6. The molecule has 8 aromatic carbocycles. The Kier molecular flexibility index (Phi) is 9.13. The molecule has 0 atom stereocenters. The first-order valence-corrected chi connectivity index (χ1v) is 21.2. The van der Waals surface area contributed by atoms with Crippen molar-refractivity contribution in [3.8, 4) is 51.0 Å². The van der Waals surface area contributed by atoms with Gasteiger partial charge in [-0.3, -0.25) is 0 Å². The highest BCUT2D eigenvalue weighted by molar-refractivity contribution is 6.14. The zero-order valence-electron chi connectivity index (χ0n) is 34.6. The molecule has 62 heavy (non-hydrogen) atoms. The average Bonchev–Trinajstić information content (AvgIpc) is 3.68. The summed E-state index contributed by atoms with van der Waals surface area (Å²) in [4.78, 5) is 15.5. The summed E-state index contributed by atoms with van der Waals surface area (Å²) >= 11 is 0. The molecule has 11 rings (SSSR count). The van der Waals surface area contributed by atoms with Crippen molar-refractivity contribution in [2.45, 2.75) is 19.3 Å². The van der Waals surface area contributed by atoms with Crippen molar-refractivity contribution < 1.29 is 0 Å². The van der Waals surface area contributed by atoms with E-state index in [1.165, 1.54) is 60.8 Å². The van der Waals surface area contributed by atoms with Gasteiger partial charge in [-0.25, -0.2) is 15.0 Å². The first-order valence-electron chi connectivity index (χ1n) is 21.2. The highest BCUT2D eigenvalue weighted by Crippen LogP contribution is 2.57. The molecule has 0 spiro atoms. The summed E-state index contributed by atoms with van der Waals surface area (Å²) in [7, 11) is 0. The molecule has 0 N–H and O–H groups in total. The summed E-state index contributed by atoms with van der Waals surface area (Å²) in [6.07, 6.45) is 6.38. The molecule has 4 nitrogen and oxygen atoms in total. The minimum atomic E-state index is -0.759. The molecule has 0 radical (unpaired) electrons. The Hall–Kier alpha value is -7.95. The number of aromatic nitrogens is 4. The lowest BCUT2D eigenvalue weighted by Gasteiger charge is -2.43. The molecular weight excluding hydrogens is 753 g/mol. The second-order valence-electron chi connectivity index (χ2n) is 15.9. The number of hydrogen-bond acceptors (Lipinski definition) is 3. The van der Waals surface area contributed by atoms with Gasteiger partial charge in [0.05, 0.1) is 22.1 Å². The molecule has 1 aliphatic heterocycles. The molecule has 0 aliphatic carbocycles. The minimum absolute atomic E-state index is 0.618. The topological polar surface area (TPSA) is 43.6 Å². The molecule has 10 aromatic rings. The second-order valence-corrected chi connectivity index (χ2v) is 15.9. The van der Waals surface area contributed by atoms with Gasteiger partial charge in [-0.2, -0.15) is 0 Å². The summed E-state index contributed by atoms with van der Waals surface area (Å²) in [5.41, 5.74) is 15.0. The van der Waals surface area contributed by atoms with Crippen molar-refractivity contribution in [1.82, 2.24) is 19.5 Å². The summed E-state index contributed by atoms with van der Waals surface area (Å²) in [5, 5.41) is 2.44. The van der Waals surface area contributed by atoms with Gasteiger partial charge in [-0.1, -0.05) is 194 Å². The van der Waals surface area contributed by atoms with Gasteiger partial charge in [0.2, 0.25) is 0 Å². The largest absolute Gasteiger partial charge is 0.309 e. The Balaban J connectivity index is 1.31. The number of nitrogens with zero attached hydrogens (tertiary/aromatic N) is 4. The first-order chi connectivity index (χ1) is 30.6. The molecule has 0 unspecified atom stereocenters. The molecule has 4 heteroatoms. The van der Waals surface area contributed by atoms with E-state index >= 15 is 0 Å². The SMILES string of the molecule is C/C=C\C=C(/C)c1ccc2c3ccc(-c4ccccc4)c4c3n(c2c1)-c1ccc(-c2nc(-c3ccccc3)nc(-c3ccccc3)n2)cc1C4(c1ccccc1)c1ccccc1. The molecule has 0 amide bonds. The van der Waals surface area contributed by atoms with E-state index in [0.29, 0.717) is 17.5 Å². The van der Waals surface area contributed by atoms with Gasteiger partial charge < -0.3 is 4.57 Å². The second kappa shape index (κ2) is 15.3. The van der Waals surface area contributed by atoms with Gasteiger partial charge in [0, 0.05) is 33.0 Å². The van der Waals surface area contributed by atoms with Crippen molar-refractivity contribution >= 4 is 27.4 Å². The summed E-state index contributed by atoms with van der Waals surface area (Å²) in [5.74, 6) is 1.88. The third-order valence-electron chi connectivity index (χ3n) is 12.4. The molecule has 1 aliphatic rings. The van der Waals surface area contributed by atoms with Crippen molar-refractivity contribution in [2.24, 2.45) is 0 Å². The Morgan fingerprint density at radius 3 is 1.58 bits per heavy atom. The predicted octanol–water partition coefficient (Wildman–Crippen LogP) is 14.3. The van der Waals surface area contributed by atoms with Gasteiger partial charge >= 0.3 is 0 Å². The fourth-order valence-electron chi connectivity index (χ4n) is 9.56. The van der Waals surface area contributed by atoms with E-state index in [1.807, 2.05) is 36.4 Å². The van der Waals surface area contributed by atoms with E-state index < -0.39 is 5.41 Å². The van der Waals surface area contributed by atoms with Crippen LogP contribution in [0, 0.1) is 0 Å². The number of benzene rings is 8. The van der Waals surface area contributed by atoms with E-state index in [0.717, 1.165) is 27.9 Å². The molecule has 0 bridgehead atoms. The number of hydrogen-bond donors (Lipinski definition) is 0. The predicted molar refractivity (Wildman–Crippen MR) is 256 cm³/mol. The van der Waals surface area contributed by atoms with Gasteiger partial charge in [-0.15, -0.1) is 0 Å². The fourth-order valence-corrected chi connectivity index (χ4v) is 9.56. The quantitative estimate of drug-likeness (QED) is 0.144. The van der Waals surface area contributed by atoms with E-state index in [2.05, 4.69) is 200 Å². The summed E-state index contributed by atoms with van der Waals surface area (Å²) in [6.45, 7) is 4.25. The van der Waals surface area contributed by atoms with Crippen LogP contribution in [0.4, 0.5) is 0 Å². The highest BCUT2D eigenvalue weighted by atomic mass is 15.0. The maximum Gasteiger partial charge on any atom is 0.164 e. The van der Waals surface area contributed by atoms with Crippen LogP contribution >= 0.6 is 0 Å². The number of fused-ring (bicyclic) bond motifs is 5. The minimum Gasteiger partial charge on any atom is -0.309 e. The van der Waals surface area contributed by atoms with Crippen molar-refractivity contribution in [1.29, 1.82) is 0 Å². The molecule has 294 valence electrons. The standard InChI is InChI=1S/C58H42N4/c1-3-4-20-39(2)43-31-33-48-49-35-34-47(40-21-10-5-11-22-40)53-54(49)62(52(48)38-43)51-36-32-44(37-50(51)58(53,45-27-16-8-17-28-45)46-29-18-9-19-30-46)57-60-55(41-23-12-6-13-24-41)59-56(61-57)42-25-14-7-15-26-42/h3-38H,1-2H3/b4-3-,39-20+. The van der Waals surface area contributed by atoms with Crippen LogP contribution in [0.1, 0.15) is 41.7 Å². The molecule has 0 saturated heterocycles. The fraction of sp³-hybridized carbons (Fsp3) is 0.0517. The summed E-state index contributed by atoms with van der Waals surface area (Å²) < 4.78 is 2.53. The Bertz CT molecular complexity index is 3230. The normalized spacial score (nSPS) is 13.2. The average molecular weight is 795 g/mol. The third-order valence-corrected chi connectivity index (χ3v) is 12.4.